The zero-order valence-electron chi connectivity index (χ0n) is 17.7. The molecule has 3 aromatic carbocycles. The van der Waals surface area contributed by atoms with E-state index in [1.807, 2.05) is 78.9 Å². The number of piperazine rings is 3. The van der Waals surface area contributed by atoms with Crippen LogP contribution in [0.3, 0.4) is 0 Å². The van der Waals surface area contributed by atoms with E-state index < -0.39 is 0 Å². The summed E-state index contributed by atoms with van der Waals surface area (Å²) in [6.07, 6.45) is 0. The summed E-state index contributed by atoms with van der Waals surface area (Å²) < 4.78 is 0.952. The van der Waals surface area contributed by atoms with Crippen LogP contribution >= 0.6 is 0 Å². The Hall–Kier alpha value is -3.08. The van der Waals surface area contributed by atoms with Crippen LogP contribution in [0.2, 0.25) is 0 Å². The number of fused-ring (bicyclic) bond motifs is 3. The minimum Gasteiger partial charge on any atom is -0.314 e. The summed E-state index contributed by atoms with van der Waals surface area (Å²) in [6, 6.07) is 24.9. The van der Waals surface area contributed by atoms with E-state index in [-0.39, 0.29) is 11.6 Å². The normalized spacial score (nSPS) is 22.3. The van der Waals surface area contributed by atoms with Crippen LogP contribution in [0.25, 0.3) is 11.1 Å². The fraction of sp³-hybridized carbons (Fsp3) is 0.259. The van der Waals surface area contributed by atoms with Crippen molar-refractivity contribution >= 4 is 11.6 Å². The van der Waals surface area contributed by atoms with Gasteiger partial charge in [0.05, 0.1) is 19.6 Å². The number of quaternary nitrogens is 1. The molecule has 0 aromatic heterocycles. The second kappa shape index (κ2) is 8.22. The molecule has 0 spiro atoms. The Kier molecular flexibility index (Phi) is 5.26. The largest absolute Gasteiger partial charge is 0.314 e. The Morgan fingerprint density at radius 2 is 1.13 bits per heavy atom. The maximum Gasteiger partial charge on any atom is 0.216 e. The van der Waals surface area contributed by atoms with Gasteiger partial charge in [0.2, 0.25) is 5.78 Å². The Morgan fingerprint density at radius 3 is 1.68 bits per heavy atom. The highest BCUT2D eigenvalue weighted by molar-refractivity contribution is 6.09. The maximum atomic E-state index is 12.9. The van der Waals surface area contributed by atoms with E-state index in [4.69, 9.17) is 0 Å². The highest BCUT2D eigenvalue weighted by Gasteiger charge is 2.39. The van der Waals surface area contributed by atoms with Gasteiger partial charge in [-0.2, -0.15) is 0 Å². The molecule has 3 aromatic rings. The lowest BCUT2D eigenvalue weighted by atomic mass is 9.98. The smallest absolute Gasteiger partial charge is 0.216 e. The van der Waals surface area contributed by atoms with Gasteiger partial charge in [0, 0.05) is 36.3 Å². The Labute approximate surface area is 183 Å². The van der Waals surface area contributed by atoms with Crippen molar-refractivity contribution in [1.29, 1.82) is 0 Å². The lowest BCUT2D eigenvalue weighted by Gasteiger charge is -2.50. The molecule has 4 heteroatoms. The molecule has 3 heterocycles. The van der Waals surface area contributed by atoms with E-state index in [1.54, 1.807) is 0 Å². The number of nitrogens with zero attached hydrogens (tertiary/aromatic N) is 2. The third kappa shape index (κ3) is 4.09. The van der Waals surface area contributed by atoms with Gasteiger partial charge in [-0.3, -0.25) is 14.5 Å². The molecule has 0 amide bonds. The van der Waals surface area contributed by atoms with Gasteiger partial charge >= 0.3 is 0 Å². The van der Waals surface area contributed by atoms with Gasteiger partial charge in [-0.25, -0.2) is 0 Å². The summed E-state index contributed by atoms with van der Waals surface area (Å²) in [7, 11) is 0. The van der Waals surface area contributed by atoms with Crippen LogP contribution in [-0.4, -0.2) is 66.8 Å². The average Bonchev–Trinajstić information content (AvgIpc) is 2.85. The first kappa shape index (κ1) is 19.9. The SMILES string of the molecule is O=C(C[N+]12CCN(CC1)CC2)c1ccc(-c2ccc(C(=O)c3ccccc3)cc2)cc1. The van der Waals surface area contributed by atoms with Crippen LogP contribution in [0.15, 0.2) is 78.9 Å². The molecule has 0 radical (unpaired) electrons. The molecular weight excluding hydrogens is 384 g/mol. The van der Waals surface area contributed by atoms with Gasteiger partial charge in [-0.05, 0) is 11.1 Å². The quantitative estimate of drug-likeness (QED) is 0.456. The van der Waals surface area contributed by atoms with Crippen LogP contribution in [0.4, 0.5) is 0 Å². The van der Waals surface area contributed by atoms with Gasteiger partial charge in [0.1, 0.15) is 6.54 Å². The number of hydrogen-bond donors (Lipinski definition) is 0. The zero-order valence-corrected chi connectivity index (χ0v) is 17.7. The fourth-order valence-corrected chi connectivity index (χ4v) is 4.78. The molecule has 6 rings (SSSR count). The van der Waals surface area contributed by atoms with Crippen LogP contribution < -0.4 is 0 Å². The fourth-order valence-electron chi connectivity index (χ4n) is 4.78. The molecule has 3 fully saturated rings. The van der Waals surface area contributed by atoms with E-state index in [0.29, 0.717) is 17.7 Å². The molecule has 0 aliphatic carbocycles. The molecule has 0 unspecified atom stereocenters. The second-order valence-corrected chi connectivity index (χ2v) is 8.79. The molecule has 156 valence electrons. The molecule has 0 saturated carbocycles. The lowest BCUT2D eigenvalue weighted by molar-refractivity contribution is -0.933. The molecule has 3 aliphatic heterocycles. The summed E-state index contributed by atoms with van der Waals surface area (Å²) in [6.45, 7) is 7.26. The van der Waals surface area contributed by atoms with Gasteiger partial charge < -0.3 is 4.48 Å². The highest BCUT2D eigenvalue weighted by atomic mass is 16.1. The first-order valence-electron chi connectivity index (χ1n) is 11.0. The van der Waals surface area contributed by atoms with Crippen molar-refractivity contribution in [3.8, 4) is 11.1 Å². The van der Waals surface area contributed by atoms with E-state index in [9.17, 15) is 9.59 Å². The van der Waals surface area contributed by atoms with Crippen molar-refractivity contribution < 1.29 is 14.1 Å². The standard InChI is InChI=1S/C27H27N2O2/c30-26(20-29-17-14-28(15-18-29)16-19-29)23-10-6-21(7-11-23)22-8-12-25(13-9-22)27(31)24-4-2-1-3-5-24/h1-13H,14-20H2/q+1. The van der Waals surface area contributed by atoms with Gasteiger partial charge in [0.15, 0.2) is 5.78 Å². The van der Waals surface area contributed by atoms with E-state index in [0.717, 1.165) is 60.4 Å². The number of benzene rings is 3. The van der Waals surface area contributed by atoms with Crippen molar-refractivity contribution in [2.24, 2.45) is 0 Å². The minimum absolute atomic E-state index is 0.0270. The van der Waals surface area contributed by atoms with Crippen LogP contribution in [-0.2, 0) is 0 Å². The van der Waals surface area contributed by atoms with Crippen molar-refractivity contribution in [2.45, 2.75) is 0 Å². The monoisotopic (exact) mass is 411 g/mol. The molecule has 3 aliphatic rings. The summed E-state index contributed by atoms with van der Waals surface area (Å²) in [5, 5.41) is 0. The van der Waals surface area contributed by atoms with E-state index >= 15 is 0 Å². The van der Waals surface area contributed by atoms with Crippen LogP contribution in [0.1, 0.15) is 26.3 Å². The molecule has 4 nitrogen and oxygen atoms in total. The summed E-state index contributed by atoms with van der Waals surface area (Å²) in [5.74, 6) is 0.268. The van der Waals surface area contributed by atoms with Gasteiger partial charge in [0.25, 0.3) is 0 Å². The number of ketones is 2. The molecule has 31 heavy (non-hydrogen) atoms. The van der Waals surface area contributed by atoms with Crippen LogP contribution in [0, 0.1) is 0 Å². The summed E-state index contributed by atoms with van der Waals surface area (Å²) in [4.78, 5) is 28.0. The van der Waals surface area contributed by atoms with E-state index in [2.05, 4.69) is 4.90 Å². The number of rotatable bonds is 6. The molecule has 0 N–H and O–H groups in total. The van der Waals surface area contributed by atoms with E-state index in [1.165, 1.54) is 0 Å². The number of carbonyl (C=O) groups is 2. The third-order valence-electron chi connectivity index (χ3n) is 6.87. The topological polar surface area (TPSA) is 37.4 Å². The van der Waals surface area contributed by atoms with Crippen molar-refractivity contribution in [3.63, 3.8) is 0 Å². The molecule has 3 saturated heterocycles. The number of carbonyl (C=O) groups excluding carboxylic acids is 2. The third-order valence-corrected chi connectivity index (χ3v) is 6.87. The average molecular weight is 412 g/mol. The second-order valence-electron chi connectivity index (χ2n) is 8.79. The predicted octanol–water partition coefficient (Wildman–Crippen LogP) is 3.91. The predicted molar refractivity (Wildman–Crippen MR) is 122 cm³/mol. The summed E-state index contributed by atoms with van der Waals surface area (Å²) in [5.41, 5.74) is 4.25. The minimum atomic E-state index is 0.0270. The van der Waals surface area contributed by atoms with Gasteiger partial charge in [-0.15, -0.1) is 0 Å². The highest BCUT2D eigenvalue weighted by Crippen LogP contribution is 2.24. The Balaban J connectivity index is 1.27. The molecular formula is C27H27N2O2+. The zero-order chi connectivity index (χ0) is 21.3. The number of hydrogen-bond acceptors (Lipinski definition) is 3. The Bertz CT molecular complexity index is 1070. The summed E-state index contributed by atoms with van der Waals surface area (Å²) >= 11 is 0. The molecule has 2 bridgehead atoms. The first-order valence-corrected chi connectivity index (χ1v) is 11.0. The van der Waals surface area contributed by atoms with Gasteiger partial charge in [-0.1, -0.05) is 78.9 Å². The number of Topliss-reactive ketones (excluding diaryl/α,β-unsaturated/α-hetero) is 1. The van der Waals surface area contributed by atoms with Crippen LogP contribution in [0.5, 0.6) is 0 Å². The molecule has 0 atom stereocenters. The maximum absolute atomic E-state index is 12.9. The van der Waals surface area contributed by atoms with Crippen molar-refractivity contribution in [3.05, 3.63) is 95.6 Å². The van der Waals surface area contributed by atoms with Crippen molar-refractivity contribution in [2.75, 3.05) is 45.8 Å². The van der Waals surface area contributed by atoms with Crippen molar-refractivity contribution in [1.82, 2.24) is 4.90 Å². The lowest BCUT2D eigenvalue weighted by Crippen LogP contribution is -2.68. The first-order chi connectivity index (χ1) is 15.1. The Morgan fingerprint density at radius 1 is 0.645 bits per heavy atom.